The molecule has 6 heteroatoms. The van der Waals surface area contributed by atoms with Gasteiger partial charge in [0, 0.05) is 16.6 Å². The Morgan fingerprint density at radius 1 is 1.03 bits per heavy atom. The number of nitrogens with zero attached hydrogens (tertiary/aromatic N) is 1. The molecule has 0 bridgehead atoms. The SMILES string of the molecule is CCCN(C(=O)c1cccc(COc2ccccc2C(N)=O)c1)C(C)c1ccccc1Br. The number of primary amides is 1. The third kappa shape index (κ3) is 5.56. The molecule has 2 N–H and O–H groups in total. The molecule has 1 atom stereocenters. The van der Waals surface area contributed by atoms with E-state index in [4.69, 9.17) is 10.5 Å². The second-order valence-electron chi connectivity index (χ2n) is 7.55. The summed E-state index contributed by atoms with van der Waals surface area (Å²) in [4.78, 5) is 26.9. The molecule has 0 aliphatic rings. The molecule has 1 unspecified atom stereocenters. The highest BCUT2D eigenvalue weighted by atomic mass is 79.9. The predicted octanol–water partition coefficient (Wildman–Crippen LogP) is 5.74. The summed E-state index contributed by atoms with van der Waals surface area (Å²) < 4.78 is 6.81. The molecule has 3 aromatic rings. The summed E-state index contributed by atoms with van der Waals surface area (Å²) in [5.74, 6) is -0.151. The van der Waals surface area contributed by atoms with Gasteiger partial charge >= 0.3 is 0 Å². The van der Waals surface area contributed by atoms with Crippen molar-refractivity contribution in [1.29, 1.82) is 0 Å². The molecule has 0 radical (unpaired) electrons. The van der Waals surface area contributed by atoms with Gasteiger partial charge in [0.15, 0.2) is 0 Å². The molecular formula is C26H27BrN2O3. The van der Waals surface area contributed by atoms with Gasteiger partial charge in [0.2, 0.25) is 0 Å². The fourth-order valence-corrected chi connectivity index (χ4v) is 4.23. The van der Waals surface area contributed by atoms with Crippen LogP contribution in [0.25, 0.3) is 0 Å². The number of benzene rings is 3. The van der Waals surface area contributed by atoms with Crippen LogP contribution in [0, 0.1) is 0 Å². The van der Waals surface area contributed by atoms with Crippen LogP contribution in [0.5, 0.6) is 5.75 Å². The summed E-state index contributed by atoms with van der Waals surface area (Å²) in [6, 6.07) is 22.1. The third-order valence-electron chi connectivity index (χ3n) is 5.27. The Labute approximate surface area is 197 Å². The molecule has 0 saturated carbocycles. The first kappa shape index (κ1) is 23.5. The van der Waals surface area contributed by atoms with Crippen LogP contribution in [0.15, 0.2) is 77.3 Å². The molecule has 32 heavy (non-hydrogen) atoms. The quantitative estimate of drug-likeness (QED) is 0.412. The van der Waals surface area contributed by atoms with Gasteiger partial charge in [-0.15, -0.1) is 0 Å². The summed E-state index contributed by atoms with van der Waals surface area (Å²) in [6.45, 7) is 4.97. The van der Waals surface area contributed by atoms with Gasteiger partial charge in [-0.05, 0) is 54.8 Å². The summed E-state index contributed by atoms with van der Waals surface area (Å²) in [5.41, 5.74) is 8.25. The number of hydrogen-bond acceptors (Lipinski definition) is 3. The second kappa shape index (κ2) is 11.0. The molecule has 0 fully saturated rings. The number of halogens is 1. The van der Waals surface area contributed by atoms with Gasteiger partial charge in [-0.25, -0.2) is 0 Å². The first-order valence-electron chi connectivity index (χ1n) is 10.6. The Balaban J connectivity index is 1.80. The summed E-state index contributed by atoms with van der Waals surface area (Å²) >= 11 is 3.60. The fraction of sp³-hybridized carbons (Fsp3) is 0.231. The number of nitrogens with two attached hydrogens (primary N) is 1. The van der Waals surface area contributed by atoms with Crippen molar-refractivity contribution in [2.45, 2.75) is 32.9 Å². The van der Waals surface area contributed by atoms with Crippen LogP contribution in [0.2, 0.25) is 0 Å². The van der Waals surface area contributed by atoms with Crippen LogP contribution in [-0.4, -0.2) is 23.3 Å². The van der Waals surface area contributed by atoms with E-state index in [1.807, 2.05) is 60.4 Å². The van der Waals surface area contributed by atoms with Gasteiger partial charge in [0.05, 0.1) is 11.6 Å². The van der Waals surface area contributed by atoms with E-state index in [0.717, 1.165) is 22.0 Å². The zero-order valence-corrected chi connectivity index (χ0v) is 19.8. The van der Waals surface area contributed by atoms with Crippen molar-refractivity contribution in [1.82, 2.24) is 4.90 Å². The molecule has 0 saturated heterocycles. The van der Waals surface area contributed by atoms with Gasteiger partial charge in [-0.3, -0.25) is 9.59 Å². The Bertz CT molecular complexity index is 1100. The van der Waals surface area contributed by atoms with E-state index >= 15 is 0 Å². The Morgan fingerprint density at radius 2 is 1.75 bits per heavy atom. The van der Waals surface area contributed by atoms with Gasteiger partial charge < -0.3 is 15.4 Å². The molecule has 3 rings (SSSR count). The fourth-order valence-electron chi connectivity index (χ4n) is 3.61. The number of amides is 2. The molecule has 2 amide bonds. The maximum atomic E-state index is 13.4. The van der Waals surface area contributed by atoms with Crippen LogP contribution in [0.1, 0.15) is 58.2 Å². The van der Waals surface area contributed by atoms with Gasteiger partial charge in [-0.2, -0.15) is 0 Å². The molecule has 0 aliphatic heterocycles. The van der Waals surface area contributed by atoms with Crippen molar-refractivity contribution < 1.29 is 14.3 Å². The van der Waals surface area contributed by atoms with Crippen molar-refractivity contribution in [2.24, 2.45) is 5.73 Å². The highest BCUT2D eigenvalue weighted by Crippen LogP contribution is 2.29. The van der Waals surface area contributed by atoms with E-state index in [0.29, 0.717) is 23.4 Å². The maximum Gasteiger partial charge on any atom is 0.254 e. The van der Waals surface area contributed by atoms with Crippen LogP contribution >= 0.6 is 15.9 Å². The van der Waals surface area contributed by atoms with Gasteiger partial charge in [0.25, 0.3) is 11.8 Å². The van der Waals surface area contributed by atoms with E-state index in [1.54, 1.807) is 24.3 Å². The van der Waals surface area contributed by atoms with Crippen molar-refractivity contribution in [2.75, 3.05) is 6.54 Å². The van der Waals surface area contributed by atoms with Crippen molar-refractivity contribution in [3.8, 4) is 5.75 Å². The standard InChI is InChI=1S/C26H27BrN2O3/c1-3-15-29(18(2)21-11-4-6-13-23(21)27)26(31)20-10-8-9-19(16-20)17-32-24-14-7-5-12-22(24)25(28)30/h4-14,16,18H,3,15,17H2,1-2H3,(H2,28,30). The third-order valence-corrected chi connectivity index (χ3v) is 5.99. The topological polar surface area (TPSA) is 72.6 Å². The van der Waals surface area contributed by atoms with Crippen LogP contribution in [0.4, 0.5) is 0 Å². The average Bonchev–Trinajstić information content (AvgIpc) is 2.81. The highest BCUT2D eigenvalue weighted by molar-refractivity contribution is 9.10. The van der Waals surface area contributed by atoms with Crippen molar-refractivity contribution in [3.63, 3.8) is 0 Å². The van der Waals surface area contributed by atoms with E-state index < -0.39 is 5.91 Å². The average molecular weight is 495 g/mol. The lowest BCUT2D eigenvalue weighted by Gasteiger charge is -2.30. The molecule has 0 spiro atoms. The zero-order valence-electron chi connectivity index (χ0n) is 18.3. The minimum absolute atomic E-state index is 0.0329. The first-order chi connectivity index (χ1) is 15.4. The molecular weight excluding hydrogens is 468 g/mol. The normalized spacial score (nSPS) is 11.6. The smallest absolute Gasteiger partial charge is 0.254 e. The lowest BCUT2D eigenvalue weighted by atomic mass is 10.0. The number of para-hydroxylation sites is 1. The molecule has 0 aromatic heterocycles. The van der Waals surface area contributed by atoms with E-state index in [9.17, 15) is 9.59 Å². The number of ether oxygens (including phenoxy) is 1. The minimum atomic E-state index is -0.541. The predicted molar refractivity (Wildman–Crippen MR) is 130 cm³/mol. The lowest BCUT2D eigenvalue weighted by molar-refractivity contribution is 0.0690. The lowest BCUT2D eigenvalue weighted by Crippen LogP contribution is -2.34. The maximum absolute atomic E-state index is 13.4. The van der Waals surface area contributed by atoms with Crippen molar-refractivity contribution in [3.05, 3.63) is 99.5 Å². The van der Waals surface area contributed by atoms with E-state index in [2.05, 4.69) is 22.9 Å². The molecule has 166 valence electrons. The number of carbonyl (C=O) groups is 2. The van der Waals surface area contributed by atoms with Gasteiger partial charge in [0.1, 0.15) is 12.4 Å². The second-order valence-corrected chi connectivity index (χ2v) is 8.40. The van der Waals surface area contributed by atoms with E-state index in [1.165, 1.54) is 0 Å². The largest absolute Gasteiger partial charge is 0.488 e. The monoisotopic (exact) mass is 494 g/mol. The summed E-state index contributed by atoms with van der Waals surface area (Å²) in [5, 5.41) is 0. The van der Waals surface area contributed by atoms with Crippen LogP contribution < -0.4 is 10.5 Å². The van der Waals surface area contributed by atoms with Crippen LogP contribution in [-0.2, 0) is 6.61 Å². The molecule has 5 nitrogen and oxygen atoms in total. The van der Waals surface area contributed by atoms with Crippen LogP contribution in [0.3, 0.4) is 0 Å². The summed E-state index contributed by atoms with van der Waals surface area (Å²) in [6.07, 6.45) is 0.854. The molecule has 3 aromatic carbocycles. The van der Waals surface area contributed by atoms with E-state index in [-0.39, 0.29) is 18.6 Å². The van der Waals surface area contributed by atoms with Gasteiger partial charge in [-0.1, -0.05) is 65.3 Å². The Morgan fingerprint density at radius 3 is 2.47 bits per heavy atom. The minimum Gasteiger partial charge on any atom is -0.488 e. The number of carbonyl (C=O) groups excluding carboxylic acids is 2. The van der Waals surface area contributed by atoms with Crippen molar-refractivity contribution >= 4 is 27.7 Å². The first-order valence-corrected chi connectivity index (χ1v) is 11.4. The molecule has 0 heterocycles. The Kier molecular flexibility index (Phi) is 8.06. The summed E-state index contributed by atoms with van der Waals surface area (Å²) in [7, 11) is 0. The highest BCUT2D eigenvalue weighted by Gasteiger charge is 2.23. The Hall–Kier alpha value is -3.12. The molecule has 0 aliphatic carbocycles. The zero-order chi connectivity index (χ0) is 23.1. The number of hydrogen-bond donors (Lipinski definition) is 1. The number of rotatable bonds is 9.